The Hall–Kier alpha value is -0.130. The van der Waals surface area contributed by atoms with Gasteiger partial charge in [0.05, 0.1) is 6.26 Å². The molecule has 0 atom stereocenters. The maximum absolute atomic E-state index is 9.70. The molecule has 0 saturated carbocycles. The largest absolute Gasteiger partial charge is 0.222 e. The summed E-state index contributed by atoms with van der Waals surface area (Å²) in [6, 6.07) is 0. The van der Waals surface area contributed by atoms with E-state index >= 15 is 0 Å². The summed E-state index contributed by atoms with van der Waals surface area (Å²) in [5, 5.41) is 0. The lowest BCUT2D eigenvalue weighted by Gasteiger charge is -1.83. The third kappa shape index (κ3) is 3.87. The van der Waals surface area contributed by atoms with Crippen molar-refractivity contribution < 1.29 is 8.42 Å². The summed E-state index contributed by atoms with van der Waals surface area (Å²) in [7, 11) is -3.25. The van der Waals surface area contributed by atoms with Gasteiger partial charge in [0, 0.05) is 0 Å². The van der Waals surface area contributed by atoms with Crippen LogP contribution in [-0.4, -0.2) is 14.7 Å². The van der Waals surface area contributed by atoms with Crippen LogP contribution in [0.1, 0.15) is 0 Å². The van der Waals surface area contributed by atoms with Crippen molar-refractivity contribution in [3.05, 3.63) is 0 Å². The van der Waals surface area contributed by atoms with Crippen molar-refractivity contribution in [1.29, 1.82) is 0 Å². The van der Waals surface area contributed by atoms with E-state index in [-0.39, 0.29) is 0 Å². The van der Waals surface area contributed by atoms with Gasteiger partial charge in [0.1, 0.15) is 0 Å². The van der Waals surface area contributed by atoms with Crippen molar-refractivity contribution in [2.75, 3.05) is 6.26 Å². The summed E-state index contributed by atoms with van der Waals surface area (Å²) in [6.07, 6.45) is 0.917. The van der Waals surface area contributed by atoms with E-state index in [1.54, 1.807) is 0 Å². The molecule has 0 rings (SSSR count). The molecule has 37 valence electrons. The van der Waals surface area contributed by atoms with Crippen LogP contribution >= 0.6 is 0 Å². The summed E-state index contributed by atoms with van der Waals surface area (Å²) in [5.74, 6) is 6.02. The van der Waals surface area contributed by atoms with Gasteiger partial charge in [-0.3, -0.25) is 0 Å². The highest BCUT2D eigenvalue weighted by molar-refractivity contribution is 7.88. The third-order valence-corrected chi connectivity index (χ3v) is 0.556. The molecule has 0 heterocycles. The number of sulfonamides is 1. The Labute approximate surface area is 36.4 Å². The minimum absolute atomic E-state index is 0.917. The number of hydrogen-bond acceptors (Lipinski definition) is 2. The van der Waals surface area contributed by atoms with E-state index < -0.39 is 10.0 Å². The van der Waals surface area contributed by atoms with Gasteiger partial charge in [-0.05, 0) is 0 Å². The first kappa shape index (κ1) is 5.87. The van der Waals surface area contributed by atoms with Gasteiger partial charge in [-0.15, -0.1) is 4.83 Å². The minimum Gasteiger partial charge on any atom is -0.211 e. The van der Waals surface area contributed by atoms with E-state index in [1.807, 2.05) is 0 Å². The van der Waals surface area contributed by atoms with Crippen molar-refractivity contribution in [2.24, 2.45) is 0 Å². The Morgan fingerprint density at radius 3 is 1.83 bits per heavy atom. The lowest BCUT2D eigenvalue weighted by molar-refractivity contribution is 0.588. The average molecular weight is 109 g/mol. The number of rotatable bonds is 1. The summed E-state index contributed by atoms with van der Waals surface area (Å²) in [4.78, 5) is 1.33. The molecule has 0 bridgehead atoms. The standard InChI is InChI=1S/CH5N2O2S/c1-6(4,5)3-2/h2-3H,1H3. The second-order valence-electron chi connectivity index (χ2n) is 0.874. The van der Waals surface area contributed by atoms with Crippen LogP contribution in [0.15, 0.2) is 0 Å². The van der Waals surface area contributed by atoms with Crippen molar-refractivity contribution >= 4 is 10.0 Å². The molecule has 0 amide bonds. The first-order chi connectivity index (χ1) is 2.56. The first-order valence-corrected chi connectivity index (χ1v) is 3.09. The maximum Gasteiger partial charge on any atom is 0.222 e. The van der Waals surface area contributed by atoms with Crippen LogP contribution < -0.4 is 10.7 Å². The molecule has 0 aliphatic rings. The molecule has 0 aromatic carbocycles. The topological polar surface area (TPSA) is 70.0 Å². The molecular formula is CH5N2O2S. The molecule has 5 heteroatoms. The first-order valence-electron chi connectivity index (χ1n) is 1.20. The average Bonchev–Trinajstić information content (AvgIpc) is 1.35. The lowest BCUT2D eigenvalue weighted by atomic mass is 12.0. The van der Waals surface area contributed by atoms with E-state index in [0.717, 1.165) is 6.26 Å². The second-order valence-corrected chi connectivity index (χ2v) is 2.62. The molecule has 0 saturated heterocycles. The van der Waals surface area contributed by atoms with Crippen LogP contribution in [-0.2, 0) is 10.0 Å². The van der Waals surface area contributed by atoms with Crippen molar-refractivity contribution in [1.82, 2.24) is 10.7 Å². The van der Waals surface area contributed by atoms with Gasteiger partial charge >= 0.3 is 0 Å². The molecule has 0 aromatic heterocycles. The zero-order valence-corrected chi connectivity index (χ0v) is 4.04. The Morgan fingerprint density at radius 2 is 1.83 bits per heavy atom. The Bertz CT molecular complexity index is 114. The van der Waals surface area contributed by atoms with E-state index in [1.165, 1.54) is 4.83 Å². The third-order valence-electron chi connectivity index (χ3n) is 0.185. The van der Waals surface area contributed by atoms with Crippen LogP contribution in [0.5, 0.6) is 0 Å². The zero-order chi connectivity index (χ0) is 5.21. The van der Waals surface area contributed by atoms with Crippen molar-refractivity contribution in [2.45, 2.75) is 0 Å². The fourth-order valence-corrected chi connectivity index (χ4v) is 0. The SMILES string of the molecule is CS(=O)(=O)N[NH]. The summed E-state index contributed by atoms with van der Waals surface area (Å²) >= 11 is 0. The summed E-state index contributed by atoms with van der Waals surface area (Å²) in [5.41, 5.74) is 0. The molecule has 0 fully saturated rings. The Kier molecular flexibility index (Phi) is 1.51. The van der Waals surface area contributed by atoms with Crippen LogP contribution in [0, 0.1) is 0 Å². The molecule has 0 aliphatic heterocycles. The quantitative estimate of drug-likeness (QED) is 0.427. The molecule has 1 radical (unpaired) electrons. The highest BCUT2D eigenvalue weighted by atomic mass is 32.2. The van der Waals surface area contributed by atoms with Gasteiger partial charge in [0.25, 0.3) is 0 Å². The van der Waals surface area contributed by atoms with Gasteiger partial charge in [0.2, 0.25) is 10.0 Å². The fourth-order valence-electron chi connectivity index (χ4n) is 0. The van der Waals surface area contributed by atoms with Gasteiger partial charge in [-0.1, -0.05) is 0 Å². The molecule has 0 aromatic rings. The predicted octanol–water partition coefficient (Wildman–Crippen LogP) is -1.27. The van der Waals surface area contributed by atoms with Crippen LogP contribution in [0.2, 0.25) is 0 Å². The van der Waals surface area contributed by atoms with E-state index in [2.05, 4.69) is 0 Å². The Morgan fingerprint density at radius 1 is 1.67 bits per heavy atom. The van der Waals surface area contributed by atoms with Gasteiger partial charge in [-0.2, -0.15) is 5.84 Å². The zero-order valence-electron chi connectivity index (χ0n) is 3.22. The van der Waals surface area contributed by atoms with Crippen molar-refractivity contribution in [3.63, 3.8) is 0 Å². The Balaban J connectivity index is 3.85. The molecule has 2 N–H and O–H groups in total. The molecule has 4 nitrogen and oxygen atoms in total. The van der Waals surface area contributed by atoms with Gasteiger partial charge in [-0.25, -0.2) is 8.42 Å². The van der Waals surface area contributed by atoms with E-state index in [0.29, 0.717) is 0 Å². The van der Waals surface area contributed by atoms with E-state index in [9.17, 15) is 8.42 Å². The predicted molar refractivity (Wildman–Crippen MR) is 21.1 cm³/mol. The highest BCUT2D eigenvalue weighted by Crippen LogP contribution is 1.61. The molecule has 0 spiro atoms. The van der Waals surface area contributed by atoms with Gasteiger partial charge < -0.3 is 0 Å². The molecular weight excluding hydrogens is 104 g/mol. The molecule has 0 aliphatic carbocycles. The summed E-state index contributed by atoms with van der Waals surface area (Å²) < 4.78 is 19.4. The highest BCUT2D eigenvalue weighted by Gasteiger charge is 1.89. The smallest absolute Gasteiger partial charge is 0.211 e. The lowest BCUT2D eigenvalue weighted by Crippen LogP contribution is -2.18. The van der Waals surface area contributed by atoms with Crippen LogP contribution in [0.25, 0.3) is 0 Å². The van der Waals surface area contributed by atoms with Crippen molar-refractivity contribution in [3.8, 4) is 0 Å². The molecule has 0 unspecified atom stereocenters. The molecule has 6 heavy (non-hydrogen) atoms. The fraction of sp³-hybridized carbons (Fsp3) is 1.00. The number of hydrogen-bond donors (Lipinski definition) is 1. The second kappa shape index (κ2) is 1.55. The minimum atomic E-state index is -3.25. The van der Waals surface area contributed by atoms with E-state index in [4.69, 9.17) is 5.84 Å². The normalized spacial score (nSPS) is 11.7. The van der Waals surface area contributed by atoms with Crippen LogP contribution in [0.4, 0.5) is 0 Å². The summed E-state index contributed by atoms with van der Waals surface area (Å²) in [6.45, 7) is 0. The maximum atomic E-state index is 9.70. The number of nitrogens with one attached hydrogen (secondary N) is 2. The van der Waals surface area contributed by atoms with Gasteiger partial charge in [0.15, 0.2) is 0 Å². The van der Waals surface area contributed by atoms with Crippen LogP contribution in [0.3, 0.4) is 0 Å². The monoisotopic (exact) mass is 109 g/mol.